The Morgan fingerprint density at radius 2 is 2.24 bits per heavy atom. The van der Waals surface area contributed by atoms with E-state index in [1.54, 1.807) is 6.26 Å². The minimum atomic E-state index is 0.318. The molecule has 1 aromatic heterocycles. The van der Waals surface area contributed by atoms with Crippen molar-refractivity contribution in [3.05, 3.63) is 24.2 Å². The Labute approximate surface area is 105 Å². The lowest BCUT2D eigenvalue weighted by Gasteiger charge is -2.40. The number of hydrogen-bond donors (Lipinski definition) is 1. The fraction of sp³-hybridized carbons (Fsp3) is 0.733. The molecular formula is C15H25NO. The molecule has 0 bridgehead atoms. The fourth-order valence-electron chi connectivity index (χ4n) is 3.14. The molecule has 3 unspecified atom stereocenters. The van der Waals surface area contributed by atoms with Crippen molar-refractivity contribution < 1.29 is 4.42 Å². The molecule has 0 aromatic carbocycles. The monoisotopic (exact) mass is 235 g/mol. The maximum atomic E-state index is 5.45. The first kappa shape index (κ1) is 12.7. The Balaban J connectivity index is 1.92. The number of rotatable bonds is 3. The van der Waals surface area contributed by atoms with Crippen LogP contribution < -0.4 is 5.32 Å². The van der Waals surface area contributed by atoms with Crippen LogP contribution in [0.4, 0.5) is 0 Å². The summed E-state index contributed by atoms with van der Waals surface area (Å²) in [5.74, 6) is 1.79. The molecule has 2 nitrogen and oxygen atoms in total. The molecule has 1 aliphatic rings. The SMILES string of the molecule is CC(NC1CCC(C)(C)CC1C)c1ccco1. The van der Waals surface area contributed by atoms with Gasteiger partial charge >= 0.3 is 0 Å². The molecule has 17 heavy (non-hydrogen) atoms. The first-order valence-electron chi connectivity index (χ1n) is 6.77. The molecule has 3 atom stereocenters. The Bertz CT molecular complexity index is 342. The minimum absolute atomic E-state index is 0.318. The predicted octanol–water partition coefficient (Wildman–Crippen LogP) is 4.15. The lowest BCUT2D eigenvalue weighted by molar-refractivity contribution is 0.140. The third kappa shape index (κ3) is 3.12. The van der Waals surface area contributed by atoms with Crippen molar-refractivity contribution in [2.45, 2.75) is 59.0 Å². The van der Waals surface area contributed by atoms with Gasteiger partial charge in [-0.2, -0.15) is 0 Å². The second-order valence-electron chi connectivity index (χ2n) is 6.39. The second kappa shape index (κ2) is 4.85. The molecule has 1 aliphatic carbocycles. The van der Waals surface area contributed by atoms with Crippen LogP contribution in [0.15, 0.2) is 22.8 Å². The maximum Gasteiger partial charge on any atom is 0.120 e. The van der Waals surface area contributed by atoms with E-state index in [1.165, 1.54) is 19.3 Å². The average molecular weight is 235 g/mol. The molecule has 1 N–H and O–H groups in total. The highest BCUT2D eigenvalue weighted by Crippen LogP contribution is 2.39. The molecule has 2 rings (SSSR count). The molecule has 0 aliphatic heterocycles. The van der Waals surface area contributed by atoms with E-state index in [1.807, 2.05) is 6.07 Å². The van der Waals surface area contributed by atoms with Crippen molar-refractivity contribution in [2.24, 2.45) is 11.3 Å². The molecule has 0 radical (unpaired) electrons. The van der Waals surface area contributed by atoms with E-state index >= 15 is 0 Å². The zero-order valence-electron chi connectivity index (χ0n) is 11.5. The van der Waals surface area contributed by atoms with Gasteiger partial charge in [-0.15, -0.1) is 0 Å². The second-order valence-corrected chi connectivity index (χ2v) is 6.39. The Hall–Kier alpha value is -0.760. The highest BCUT2D eigenvalue weighted by Gasteiger charge is 2.32. The van der Waals surface area contributed by atoms with Crippen LogP contribution in [0.5, 0.6) is 0 Å². The van der Waals surface area contributed by atoms with Crippen molar-refractivity contribution >= 4 is 0 Å². The molecule has 1 heterocycles. The molecule has 1 fully saturated rings. The molecule has 96 valence electrons. The number of nitrogens with one attached hydrogen (secondary N) is 1. The Morgan fingerprint density at radius 1 is 1.47 bits per heavy atom. The van der Waals surface area contributed by atoms with Crippen LogP contribution in [0.25, 0.3) is 0 Å². The van der Waals surface area contributed by atoms with Gasteiger partial charge in [0.15, 0.2) is 0 Å². The van der Waals surface area contributed by atoms with Gasteiger partial charge in [0.05, 0.1) is 12.3 Å². The van der Waals surface area contributed by atoms with Crippen LogP contribution in [0, 0.1) is 11.3 Å². The predicted molar refractivity (Wildman–Crippen MR) is 70.8 cm³/mol. The summed E-state index contributed by atoms with van der Waals surface area (Å²) < 4.78 is 5.45. The zero-order valence-corrected chi connectivity index (χ0v) is 11.5. The summed E-state index contributed by atoms with van der Waals surface area (Å²) in [5, 5.41) is 3.72. The molecule has 0 spiro atoms. The molecule has 1 saturated carbocycles. The lowest BCUT2D eigenvalue weighted by Crippen LogP contribution is -2.42. The highest BCUT2D eigenvalue weighted by atomic mass is 16.3. The van der Waals surface area contributed by atoms with Crippen LogP contribution in [-0.4, -0.2) is 6.04 Å². The molecule has 2 heteroatoms. The van der Waals surface area contributed by atoms with Crippen LogP contribution in [0.2, 0.25) is 0 Å². The van der Waals surface area contributed by atoms with E-state index in [4.69, 9.17) is 4.42 Å². The van der Waals surface area contributed by atoms with E-state index in [-0.39, 0.29) is 0 Å². The van der Waals surface area contributed by atoms with Gasteiger partial charge in [-0.05, 0) is 49.7 Å². The van der Waals surface area contributed by atoms with Gasteiger partial charge in [0.2, 0.25) is 0 Å². The molecular weight excluding hydrogens is 210 g/mol. The molecule has 0 saturated heterocycles. The normalized spacial score (nSPS) is 30.1. The average Bonchev–Trinajstić information content (AvgIpc) is 2.74. The molecule has 1 aromatic rings. The van der Waals surface area contributed by atoms with Crippen molar-refractivity contribution in [3.63, 3.8) is 0 Å². The Morgan fingerprint density at radius 3 is 2.82 bits per heavy atom. The fourth-order valence-corrected chi connectivity index (χ4v) is 3.14. The van der Waals surface area contributed by atoms with Crippen LogP contribution >= 0.6 is 0 Å². The summed E-state index contributed by atoms with van der Waals surface area (Å²) >= 11 is 0. The third-order valence-corrected chi connectivity index (χ3v) is 4.13. The maximum absolute atomic E-state index is 5.45. The van der Waals surface area contributed by atoms with Crippen molar-refractivity contribution in [2.75, 3.05) is 0 Å². The topological polar surface area (TPSA) is 25.2 Å². The van der Waals surface area contributed by atoms with Gasteiger partial charge in [0.1, 0.15) is 5.76 Å². The lowest BCUT2D eigenvalue weighted by atomic mass is 9.70. The summed E-state index contributed by atoms with van der Waals surface area (Å²) in [5.41, 5.74) is 0.519. The van der Waals surface area contributed by atoms with E-state index < -0.39 is 0 Å². The van der Waals surface area contributed by atoms with Crippen LogP contribution in [0.3, 0.4) is 0 Å². The van der Waals surface area contributed by atoms with Gasteiger partial charge in [0, 0.05) is 6.04 Å². The highest BCUT2D eigenvalue weighted by molar-refractivity contribution is 5.04. The van der Waals surface area contributed by atoms with E-state index in [0.29, 0.717) is 17.5 Å². The van der Waals surface area contributed by atoms with Crippen molar-refractivity contribution in [1.29, 1.82) is 0 Å². The first-order chi connectivity index (χ1) is 7.98. The van der Waals surface area contributed by atoms with Gasteiger partial charge in [-0.1, -0.05) is 20.8 Å². The standard InChI is InChI=1S/C15H25NO/c1-11-10-15(3,4)8-7-13(11)16-12(2)14-6-5-9-17-14/h5-6,9,11-13,16H,7-8,10H2,1-4H3. The van der Waals surface area contributed by atoms with Gasteiger partial charge in [0.25, 0.3) is 0 Å². The summed E-state index contributed by atoms with van der Waals surface area (Å²) in [6.07, 6.45) is 5.66. The smallest absolute Gasteiger partial charge is 0.120 e. The summed E-state index contributed by atoms with van der Waals surface area (Å²) in [6.45, 7) is 9.32. The Kier molecular flexibility index (Phi) is 3.62. The quantitative estimate of drug-likeness (QED) is 0.851. The van der Waals surface area contributed by atoms with Gasteiger partial charge in [-0.25, -0.2) is 0 Å². The van der Waals surface area contributed by atoms with E-state index in [0.717, 1.165) is 11.7 Å². The minimum Gasteiger partial charge on any atom is -0.468 e. The van der Waals surface area contributed by atoms with Crippen LogP contribution in [0.1, 0.15) is 58.8 Å². The number of hydrogen-bond acceptors (Lipinski definition) is 2. The van der Waals surface area contributed by atoms with Crippen molar-refractivity contribution in [1.82, 2.24) is 5.32 Å². The van der Waals surface area contributed by atoms with Gasteiger partial charge < -0.3 is 9.73 Å². The largest absolute Gasteiger partial charge is 0.468 e. The van der Waals surface area contributed by atoms with Crippen molar-refractivity contribution in [3.8, 4) is 0 Å². The first-order valence-corrected chi connectivity index (χ1v) is 6.77. The van der Waals surface area contributed by atoms with E-state index in [9.17, 15) is 0 Å². The van der Waals surface area contributed by atoms with Crippen LogP contribution in [-0.2, 0) is 0 Å². The van der Waals surface area contributed by atoms with Gasteiger partial charge in [-0.3, -0.25) is 0 Å². The zero-order chi connectivity index (χ0) is 12.5. The molecule has 0 amide bonds. The van der Waals surface area contributed by atoms with E-state index in [2.05, 4.69) is 39.1 Å². The summed E-state index contributed by atoms with van der Waals surface area (Å²) in [6, 6.07) is 4.96. The summed E-state index contributed by atoms with van der Waals surface area (Å²) in [7, 11) is 0. The number of furan rings is 1. The third-order valence-electron chi connectivity index (χ3n) is 4.13. The summed E-state index contributed by atoms with van der Waals surface area (Å²) in [4.78, 5) is 0.